The Morgan fingerprint density at radius 3 is 1.31 bits per heavy atom. The third-order valence-corrected chi connectivity index (χ3v) is 8.42. The van der Waals surface area contributed by atoms with Crippen LogP contribution in [0.15, 0.2) is 0 Å². The minimum absolute atomic E-state index is 0.110. The number of carbonyl (C=O) groups excluding carboxylic acids is 6. The zero-order valence-electron chi connectivity index (χ0n) is 43.7. The third-order valence-electron chi connectivity index (χ3n) is 8.42. The number of aliphatic hydroxyl groups is 3. The van der Waals surface area contributed by atoms with Crippen LogP contribution in [0.5, 0.6) is 0 Å². The van der Waals surface area contributed by atoms with Gasteiger partial charge in [0.25, 0.3) is 0 Å². The second kappa shape index (κ2) is 24.5. The number of amides is 4. The van der Waals surface area contributed by atoms with E-state index in [1.165, 1.54) is 37.9 Å². The molecule has 0 aromatic carbocycles. The van der Waals surface area contributed by atoms with Crippen molar-refractivity contribution in [3.8, 4) is 0 Å². The summed E-state index contributed by atoms with van der Waals surface area (Å²) < 4.78 is 40.5. The summed E-state index contributed by atoms with van der Waals surface area (Å²) in [5.74, 6) is -2.55. The van der Waals surface area contributed by atoms with E-state index in [0.717, 1.165) is 0 Å². The van der Waals surface area contributed by atoms with Gasteiger partial charge < -0.3 is 69.0 Å². The Balaban J connectivity index is 0. The van der Waals surface area contributed by atoms with E-state index in [1.807, 2.05) is 20.8 Å². The van der Waals surface area contributed by atoms with Crippen LogP contribution < -0.4 is 10.6 Å². The number of aliphatic hydroxyl groups excluding tert-OH is 1. The Labute approximate surface area is 395 Å². The fraction of sp³-hybridized carbons (Fsp3) is 0.841. The number of aliphatic carboxylic acids is 1. The largest absolute Gasteiger partial charge is 0.480 e. The Morgan fingerprint density at radius 2 is 0.985 bits per heavy atom. The third kappa shape index (κ3) is 24.8. The van der Waals surface area contributed by atoms with Gasteiger partial charge in [-0.15, -0.1) is 0 Å². The predicted octanol–water partition coefficient (Wildman–Crippen LogP) is 4.44. The number of hydrogen-bond donors (Lipinski definition) is 6. The van der Waals surface area contributed by atoms with E-state index in [2.05, 4.69) is 20.1 Å². The van der Waals surface area contributed by atoms with Crippen molar-refractivity contribution < 1.29 is 91.9 Å². The minimum Gasteiger partial charge on any atom is -0.480 e. The minimum atomic E-state index is -1.57. The summed E-state index contributed by atoms with van der Waals surface area (Å²) in [4.78, 5) is 83.1. The molecular weight excluding hydrogens is 888 g/mol. The van der Waals surface area contributed by atoms with Gasteiger partial charge in [-0.2, -0.15) is 0 Å². The average molecular weight is 971 g/mol. The molecule has 23 heteroatoms. The smallest absolute Gasteiger partial charge is 0.413 e. The first kappa shape index (κ1) is 64.4. The molecule has 2 aliphatic rings. The highest BCUT2D eigenvalue weighted by atomic mass is 16.6. The average Bonchev–Trinajstić information content (AvgIpc) is 3.60. The van der Waals surface area contributed by atoms with E-state index >= 15 is 0 Å². The zero-order valence-corrected chi connectivity index (χ0v) is 43.7. The standard InChI is InChI=1S/C13H25NO4.C12H21NO5.C10H19NO5.C9H17NO5/c1-11(2,3)18-10(15)14-9(12(4,5)16)8-17-13(14,6)7;1-11(2,3)18-10(15)13-8(9(14)16-6)7-17-12(13,4)5;1-9(2,3)16-8(14)11-6(7(12)13)10(4,5)15;1-9(2,3)15-8(13)10-6(5-11)7(12)14-4/h9,16H,8H2,1-7H3;8H,7H2,1-6H3;6,15H,1-5H3,(H,11,14)(H,12,13);6,11H,5H2,1-4H3,(H,10,13)/t;;;6-/m...1/s1. The SMILES string of the molecule is CC(C)(C)OC(=O)N1C(C(C)(C)O)COC1(C)C.CC(C)(C)OC(=O)NC(C(=O)O)C(C)(C)O.COC(=O)C1COC(C)(C)N1C(=O)OC(C)(C)C.COC(=O)[C@@H](CO)NC(=O)OC(C)(C)C. The number of carboxylic acids is 1. The van der Waals surface area contributed by atoms with Crippen LogP contribution in [0.2, 0.25) is 0 Å². The molecule has 0 aromatic rings. The number of alkyl carbamates (subject to hydrolysis) is 2. The molecule has 2 heterocycles. The van der Waals surface area contributed by atoms with Crippen molar-refractivity contribution in [1.82, 2.24) is 20.4 Å². The van der Waals surface area contributed by atoms with Crippen molar-refractivity contribution in [2.75, 3.05) is 34.0 Å². The monoisotopic (exact) mass is 971 g/mol. The summed E-state index contributed by atoms with van der Waals surface area (Å²) >= 11 is 0. The Bertz CT molecular complexity index is 1660. The highest BCUT2D eigenvalue weighted by molar-refractivity contribution is 5.83. The second-order valence-electron chi connectivity index (χ2n) is 21.4. The maximum atomic E-state index is 12.2. The van der Waals surface area contributed by atoms with Crippen LogP contribution in [0.4, 0.5) is 19.2 Å². The molecule has 0 aliphatic carbocycles. The lowest BCUT2D eigenvalue weighted by Gasteiger charge is -2.38. The fourth-order valence-corrected chi connectivity index (χ4v) is 5.49. The molecule has 6 N–H and O–H groups in total. The summed E-state index contributed by atoms with van der Waals surface area (Å²) in [5, 5.41) is 41.6. The topological polar surface area (TPSA) is 305 Å². The van der Waals surface area contributed by atoms with Crippen molar-refractivity contribution in [1.29, 1.82) is 0 Å². The summed E-state index contributed by atoms with van der Waals surface area (Å²) in [6.45, 7) is 33.6. The maximum absolute atomic E-state index is 12.2. The van der Waals surface area contributed by atoms with Crippen molar-refractivity contribution >= 4 is 42.3 Å². The highest BCUT2D eigenvalue weighted by Gasteiger charge is 2.51. The summed E-state index contributed by atoms with van der Waals surface area (Å²) in [5.41, 5.74) is -6.83. The number of carboxylic acid groups (broad SMARTS) is 1. The summed E-state index contributed by atoms with van der Waals surface area (Å²) in [6.07, 6.45) is -2.69. The van der Waals surface area contributed by atoms with E-state index in [0.29, 0.717) is 6.61 Å². The molecule has 2 aliphatic heterocycles. The van der Waals surface area contributed by atoms with Crippen molar-refractivity contribution in [3.63, 3.8) is 0 Å². The Hall–Kier alpha value is -4.71. The predicted molar refractivity (Wildman–Crippen MR) is 241 cm³/mol. The first-order valence-corrected chi connectivity index (χ1v) is 21.4. The van der Waals surface area contributed by atoms with Gasteiger partial charge in [0.05, 0.1) is 51.3 Å². The zero-order chi connectivity index (χ0) is 53.7. The molecule has 2 rings (SSSR count). The molecule has 23 nitrogen and oxygen atoms in total. The van der Waals surface area contributed by atoms with Crippen molar-refractivity contribution in [2.24, 2.45) is 0 Å². The van der Waals surface area contributed by atoms with Crippen molar-refractivity contribution in [2.45, 2.75) is 208 Å². The van der Waals surface area contributed by atoms with Gasteiger partial charge in [-0.1, -0.05) is 0 Å². The highest BCUT2D eigenvalue weighted by Crippen LogP contribution is 2.34. The molecule has 0 spiro atoms. The maximum Gasteiger partial charge on any atom is 0.413 e. The van der Waals surface area contributed by atoms with Gasteiger partial charge in [-0.3, -0.25) is 9.80 Å². The van der Waals surface area contributed by atoms with Gasteiger partial charge in [0.2, 0.25) is 0 Å². The van der Waals surface area contributed by atoms with E-state index in [9.17, 15) is 43.8 Å². The van der Waals surface area contributed by atoms with E-state index in [1.54, 1.807) is 104 Å². The Kier molecular flexibility index (Phi) is 23.6. The molecule has 392 valence electrons. The number of nitrogens with zero attached hydrogens (tertiary/aromatic N) is 2. The number of rotatable bonds is 8. The summed E-state index contributed by atoms with van der Waals surface area (Å²) in [6, 6.07) is -3.69. The lowest BCUT2D eigenvalue weighted by Crippen LogP contribution is -2.56. The molecule has 4 amide bonds. The van der Waals surface area contributed by atoms with E-state index < -0.39 is 118 Å². The molecule has 0 saturated carbocycles. The van der Waals surface area contributed by atoms with Crippen LogP contribution in [-0.2, 0) is 52.3 Å². The van der Waals surface area contributed by atoms with Crippen molar-refractivity contribution in [3.05, 3.63) is 0 Å². The quantitative estimate of drug-likeness (QED) is 0.145. The molecule has 3 unspecified atom stereocenters. The van der Waals surface area contributed by atoms with Gasteiger partial charge in [0.1, 0.15) is 33.9 Å². The van der Waals surface area contributed by atoms with Gasteiger partial charge in [0, 0.05) is 0 Å². The van der Waals surface area contributed by atoms with Gasteiger partial charge in [-0.25, -0.2) is 33.6 Å². The van der Waals surface area contributed by atoms with Crippen LogP contribution in [0.1, 0.15) is 138 Å². The van der Waals surface area contributed by atoms with Gasteiger partial charge in [0.15, 0.2) is 18.1 Å². The molecular formula is C44H82N4O19. The fourth-order valence-electron chi connectivity index (χ4n) is 5.49. The van der Waals surface area contributed by atoms with Crippen LogP contribution >= 0.6 is 0 Å². The normalized spacial score (nSPS) is 18.9. The number of hydrogen-bond acceptors (Lipinski definition) is 18. The molecule has 67 heavy (non-hydrogen) atoms. The van der Waals surface area contributed by atoms with E-state index in [-0.39, 0.29) is 6.61 Å². The molecule has 2 fully saturated rings. The number of esters is 2. The molecule has 4 atom stereocenters. The van der Waals surface area contributed by atoms with E-state index in [4.69, 9.17) is 38.6 Å². The van der Waals surface area contributed by atoms with Gasteiger partial charge in [-0.05, 0) is 138 Å². The van der Waals surface area contributed by atoms with Crippen LogP contribution in [0.3, 0.4) is 0 Å². The van der Waals surface area contributed by atoms with Crippen LogP contribution in [0.25, 0.3) is 0 Å². The van der Waals surface area contributed by atoms with Gasteiger partial charge >= 0.3 is 42.3 Å². The second-order valence-corrected chi connectivity index (χ2v) is 21.4. The number of carbonyl (C=O) groups is 7. The lowest BCUT2D eigenvalue weighted by molar-refractivity contribution is -0.147. The number of nitrogens with one attached hydrogen (secondary N) is 2. The first-order chi connectivity index (χ1) is 29.7. The molecule has 0 aromatic heterocycles. The lowest BCUT2D eigenvalue weighted by atomic mass is 9.98. The Morgan fingerprint density at radius 1 is 0.612 bits per heavy atom. The molecule has 0 bridgehead atoms. The van der Waals surface area contributed by atoms with Crippen LogP contribution in [0, 0.1) is 0 Å². The molecule has 2 saturated heterocycles. The number of methoxy groups -OCH3 is 2. The first-order valence-electron chi connectivity index (χ1n) is 21.4. The molecule has 0 radical (unpaired) electrons. The number of ether oxygens (including phenoxy) is 8. The summed E-state index contributed by atoms with van der Waals surface area (Å²) in [7, 11) is 2.45. The van der Waals surface area contributed by atoms with Crippen LogP contribution in [-0.4, -0.2) is 176 Å².